The first-order chi connectivity index (χ1) is 13.2. The molecule has 0 fully saturated rings. The summed E-state index contributed by atoms with van der Waals surface area (Å²) < 4.78 is 10.6. The Morgan fingerprint density at radius 3 is 2.70 bits per heavy atom. The molecule has 0 radical (unpaired) electrons. The van der Waals surface area contributed by atoms with Gasteiger partial charge in [0.05, 0.1) is 0 Å². The van der Waals surface area contributed by atoms with Crippen molar-refractivity contribution in [3.8, 4) is 11.5 Å². The lowest BCUT2D eigenvalue weighted by molar-refractivity contribution is 0.0945. The van der Waals surface area contributed by atoms with Crippen LogP contribution in [0, 0.1) is 6.92 Å². The summed E-state index contributed by atoms with van der Waals surface area (Å²) >= 11 is 0. The minimum atomic E-state index is -0.264. The van der Waals surface area contributed by atoms with Gasteiger partial charge in [-0.2, -0.15) is 0 Å². The lowest BCUT2D eigenvalue weighted by Gasteiger charge is -2.08. The van der Waals surface area contributed by atoms with Crippen molar-refractivity contribution in [2.75, 3.05) is 12.1 Å². The molecular weight excluding hydrogens is 344 g/mol. The third-order valence-corrected chi connectivity index (χ3v) is 4.24. The Morgan fingerprint density at radius 2 is 1.89 bits per heavy atom. The van der Waals surface area contributed by atoms with E-state index in [2.05, 4.69) is 20.8 Å². The summed E-state index contributed by atoms with van der Waals surface area (Å²) in [7, 11) is 0. The predicted octanol–water partition coefficient (Wildman–Crippen LogP) is 3.19. The van der Waals surface area contributed by atoms with Crippen molar-refractivity contribution in [3.63, 3.8) is 0 Å². The molecule has 3 aromatic rings. The van der Waals surface area contributed by atoms with Crippen LogP contribution >= 0.6 is 0 Å². The Hall–Kier alpha value is -3.61. The van der Waals surface area contributed by atoms with Crippen molar-refractivity contribution in [1.82, 2.24) is 15.5 Å². The maximum atomic E-state index is 12.3. The quantitative estimate of drug-likeness (QED) is 0.725. The Bertz CT molecular complexity index is 973. The molecule has 7 nitrogen and oxygen atoms in total. The van der Waals surface area contributed by atoms with Gasteiger partial charge >= 0.3 is 0 Å². The van der Waals surface area contributed by atoms with E-state index >= 15 is 0 Å². The third-order valence-electron chi connectivity index (χ3n) is 4.24. The number of nitrogens with zero attached hydrogens (tertiary/aromatic N) is 2. The van der Waals surface area contributed by atoms with Gasteiger partial charge in [-0.15, -0.1) is 10.2 Å². The second-order valence-electron chi connectivity index (χ2n) is 6.11. The van der Waals surface area contributed by atoms with Gasteiger partial charge in [0.1, 0.15) is 0 Å². The number of rotatable bonds is 5. The Kier molecular flexibility index (Phi) is 4.57. The molecule has 0 unspecified atom stereocenters. The van der Waals surface area contributed by atoms with E-state index in [9.17, 15) is 4.79 Å². The van der Waals surface area contributed by atoms with Gasteiger partial charge in [0.2, 0.25) is 6.79 Å². The van der Waals surface area contributed by atoms with Crippen LogP contribution in [-0.2, 0) is 6.54 Å². The van der Waals surface area contributed by atoms with Crippen molar-refractivity contribution in [2.24, 2.45) is 0 Å². The fraction of sp³-hybridized carbons (Fsp3) is 0.150. The average Bonchev–Trinajstić information content (AvgIpc) is 3.15. The van der Waals surface area contributed by atoms with Crippen LogP contribution < -0.4 is 20.1 Å². The van der Waals surface area contributed by atoms with Crippen LogP contribution in [0.3, 0.4) is 0 Å². The number of benzene rings is 2. The second kappa shape index (κ2) is 7.33. The molecule has 1 amide bonds. The van der Waals surface area contributed by atoms with Crippen molar-refractivity contribution in [1.29, 1.82) is 0 Å². The normalized spacial score (nSPS) is 11.9. The average molecular weight is 362 g/mol. The number of hydrogen-bond donors (Lipinski definition) is 2. The molecule has 4 rings (SSSR count). The van der Waals surface area contributed by atoms with E-state index < -0.39 is 0 Å². The van der Waals surface area contributed by atoms with Crippen LogP contribution in [0.4, 0.5) is 11.5 Å². The Balaban J connectivity index is 1.38. The number of aryl methyl sites for hydroxylation is 1. The Labute approximate surface area is 156 Å². The molecular formula is C20H18N4O3. The highest BCUT2D eigenvalue weighted by atomic mass is 16.7. The van der Waals surface area contributed by atoms with Gasteiger partial charge in [-0.05, 0) is 42.3 Å². The molecule has 1 aliphatic rings. The van der Waals surface area contributed by atoms with Gasteiger partial charge in [0.15, 0.2) is 23.0 Å². The summed E-state index contributed by atoms with van der Waals surface area (Å²) in [5, 5.41) is 14.1. The molecule has 0 saturated carbocycles. The van der Waals surface area contributed by atoms with E-state index in [1.807, 2.05) is 49.4 Å². The summed E-state index contributed by atoms with van der Waals surface area (Å²) in [5.74, 6) is 1.66. The number of nitrogens with one attached hydrogen (secondary N) is 2. The highest BCUT2D eigenvalue weighted by Gasteiger charge is 2.14. The minimum Gasteiger partial charge on any atom is -0.454 e. The van der Waals surface area contributed by atoms with E-state index in [0.717, 1.165) is 16.8 Å². The topological polar surface area (TPSA) is 85.4 Å². The molecule has 136 valence electrons. The minimum absolute atomic E-state index is 0.227. The standard InChI is InChI=1S/C20H18N4O3/c1-13-4-2-3-5-14(13)11-21-20(25)16-7-9-19(24-23-16)22-15-6-8-17-18(10-15)27-12-26-17/h2-10H,11-12H2,1H3,(H,21,25)(H,22,24). The zero-order valence-electron chi connectivity index (χ0n) is 14.7. The second-order valence-corrected chi connectivity index (χ2v) is 6.11. The molecule has 2 N–H and O–H groups in total. The number of hydrogen-bond acceptors (Lipinski definition) is 6. The van der Waals surface area contributed by atoms with Crippen LogP contribution in [0.1, 0.15) is 21.6 Å². The third kappa shape index (κ3) is 3.82. The summed E-state index contributed by atoms with van der Waals surface area (Å²) in [5.41, 5.74) is 3.26. The fourth-order valence-electron chi connectivity index (χ4n) is 2.72. The molecule has 0 atom stereocenters. The number of amides is 1. The first-order valence-electron chi connectivity index (χ1n) is 8.52. The van der Waals surface area contributed by atoms with Gasteiger partial charge in [0.25, 0.3) is 5.91 Å². The highest BCUT2D eigenvalue weighted by Crippen LogP contribution is 2.34. The monoisotopic (exact) mass is 362 g/mol. The first kappa shape index (κ1) is 16.8. The molecule has 0 bridgehead atoms. The van der Waals surface area contributed by atoms with Gasteiger partial charge in [0, 0.05) is 18.3 Å². The van der Waals surface area contributed by atoms with Crippen LogP contribution in [0.25, 0.3) is 0 Å². The SMILES string of the molecule is Cc1ccccc1CNC(=O)c1ccc(Nc2ccc3c(c2)OCO3)nn1. The number of fused-ring (bicyclic) bond motifs is 1. The van der Waals surface area contributed by atoms with Gasteiger partial charge in [-0.3, -0.25) is 4.79 Å². The predicted molar refractivity (Wildman–Crippen MR) is 100 cm³/mol. The van der Waals surface area contributed by atoms with E-state index in [-0.39, 0.29) is 18.4 Å². The van der Waals surface area contributed by atoms with Crippen LogP contribution in [0.15, 0.2) is 54.6 Å². The lowest BCUT2D eigenvalue weighted by atomic mass is 10.1. The number of aromatic nitrogens is 2. The lowest BCUT2D eigenvalue weighted by Crippen LogP contribution is -2.24. The smallest absolute Gasteiger partial charge is 0.272 e. The van der Waals surface area contributed by atoms with Crippen molar-refractivity contribution < 1.29 is 14.3 Å². The molecule has 2 aromatic carbocycles. The first-order valence-corrected chi connectivity index (χ1v) is 8.52. The molecule has 0 spiro atoms. The van der Waals surface area contributed by atoms with Crippen LogP contribution in [0.2, 0.25) is 0 Å². The molecule has 7 heteroatoms. The molecule has 0 aliphatic carbocycles. The largest absolute Gasteiger partial charge is 0.454 e. The van der Waals surface area contributed by atoms with E-state index in [4.69, 9.17) is 9.47 Å². The zero-order chi connectivity index (χ0) is 18.6. The molecule has 1 aromatic heterocycles. The van der Waals surface area contributed by atoms with Crippen LogP contribution in [-0.4, -0.2) is 22.9 Å². The summed E-state index contributed by atoms with van der Waals surface area (Å²) in [4.78, 5) is 12.3. The number of carbonyl (C=O) groups excluding carboxylic acids is 1. The fourth-order valence-corrected chi connectivity index (χ4v) is 2.72. The van der Waals surface area contributed by atoms with Gasteiger partial charge in [-0.1, -0.05) is 24.3 Å². The van der Waals surface area contributed by atoms with Crippen LogP contribution in [0.5, 0.6) is 11.5 Å². The van der Waals surface area contributed by atoms with Gasteiger partial charge in [-0.25, -0.2) is 0 Å². The molecule has 0 saturated heterocycles. The number of ether oxygens (including phenoxy) is 2. The zero-order valence-corrected chi connectivity index (χ0v) is 14.7. The Morgan fingerprint density at radius 1 is 1.04 bits per heavy atom. The van der Waals surface area contributed by atoms with Crippen molar-refractivity contribution in [3.05, 3.63) is 71.4 Å². The van der Waals surface area contributed by atoms with Crippen molar-refractivity contribution in [2.45, 2.75) is 13.5 Å². The summed E-state index contributed by atoms with van der Waals surface area (Å²) in [6.45, 7) is 2.69. The summed E-state index contributed by atoms with van der Waals surface area (Å²) in [6.07, 6.45) is 0. The van der Waals surface area contributed by atoms with E-state index in [1.54, 1.807) is 12.1 Å². The van der Waals surface area contributed by atoms with E-state index in [0.29, 0.717) is 23.9 Å². The molecule has 27 heavy (non-hydrogen) atoms. The van der Waals surface area contributed by atoms with E-state index in [1.165, 1.54) is 0 Å². The molecule has 2 heterocycles. The van der Waals surface area contributed by atoms with Gasteiger partial charge < -0.3 is 20.1 Å². The number of carbonyl (C=O) groups is 1. The number of anilines is 2. The van der Waals surface area contributed by atoms with Crippen molar-refractivity contribution >= 4 is 17.4 Å². The molecule has 1 aliphatic heterocycles. The maximum absolute atomic E-state index is 12.3. The maximum Gasteiger partial charge on any atom is 0.272 e. The highest BCUT2D eigenvalue weighted by molar-refractivity contribution is 5.92. The summed E-state index contributed by atoms with van der Waals surface area (Å²) in [6, 6.07) is 16.8.